The summed E-state index contributed by atoms with van der Waals surface area (Å²) in [7, 11) is 1.70. The molecular formula is C24H37N3O3. The van der Waals surface area contributed by atoms with Crippen LogP contribution < -0.4 is 10.6 Å². The third kappa shape index (κ3) is 7.81. The fraction of sp³-hybridized carbons (Fsp3) is 0.625. The van der Waals surface area contributed by atoms with E-state index < -0.39 is 12.1 Å². The van der Waals surface area contributed by atoms with Gasteiger partial charge in [0.1, 0.15) is 12.1 Å². The number of rotatable bonds is 11. The molecule has 2 rings (SSSR count). The van der Waals surface area contributed by atoms with Crippen molar-refractivity contribution in [1.29, 1.82) is 0 Å². The fourth-order valence-electron chi connectivity index (χ4n) is 3.82. The van der Waals surface area contributed by atoms with Gasteiger partial charge in [-0.05, 0) is 31.2 Å². The topological polar surface area (TPSA) is 78.5 Å². The Hall–Kier alpha value is -2.37. The number of hydrogen-bond acceptors (Lipinski definition) is 3. The lowest BCUT2D eigenvalue weighted by atomic mass is 10.0. The van der Waals surface area contributed by atoms with Crippen molar-refractivity contribution in [3.8, 4) is 0 Å². The van der Waals surface area contributed by atoms with Gasteiger partial charge in [-0.15, -0.1) is 0 Å². The quantitative estimate of drug-likeness (QED) is 0.545. The van der Waals surface area contributed by atoms with Crippen LogP contribution in [0.25, 0.3) is 0 Å². The fourth-order valence-corrected chi connectivity index (χ4v) is 3.82. The molecule has 0 bridgehead atoms. The summed E-state index contributed by atoms with van der Waals surface area (Å²) < 4.78 is 0. The van der Waals surface area contributed by atoms with Gasteiger partial charge in [-0.25, -0.2) is 0 Å². The van der Waals surface area contributed by atoms with E-state index in [0.717, 1.165) is 37.7 Å². The lowest BCUT2D eigenvalue weighted by Gasteiger charge is -2.29. The van der Waals surface area contributed by atoms with Crippen LogP contribution in [0, 0.1) is 0 Å². The van der Waals surface area contributed by atoms with E-state index in [1.165, 1.54) is 12.8 Å². The molecule has 1 aliphatic rings. The number of nitrogens with zero attached hydrogens (tertiary/aromatic N) is 1. The van der Waals surface area contributed by atoms with Crippen LogP contribution in [0.1, 0.15) is 70.3 Å². The first-order valence-electron chi connectivity index (χ1n) is 11.4. The van der Waals surface area contributed by atoms with E-state index in [0.29, 0.717) is 25.8 Å². The summed E-state index contributed by atoms with van der Waals surface area (Å²) in [5.74, 6) is -0.417. The number of carbonyl (C=O) groups is 3. The third-order valence-electron chi connectivity index (χ3n) is 5.78. The maximum absolute atomic E-state index is 13.1. The predicted molar refractivity (Wildman–Crippen MR) is 119 cm³/mol. The van der Waals surface area contributed by atoms with Gasteiger partial charge < -0.3 is 15.5 Å². The van der Waals surface area contributed by atoms with E-state index in [-0.39, 0.29) is 17.7 Å². The molecule has 1 aromatic carbocycles. The van der Waals surface area contributed by atoms with E-state index in [4.69, 9.17) is 0 Å². The van der Waals surface area contributed by atoms with E-state index >= 15 is 0 Å². The molecule has 0 aliphatic carbocycles. The van der Waals surface area contributed by atoms with Crippen molar-refractivity contribution in [2.45, 2.75) is 83.2 Å². The molecule has 6 heteroatoms. The number of hydrogen-bond donors (Lipinski definition) is 2. The van der Waals surface area contributed by atoms with Crippen LogP contribution in [-0.4, -0.2) is 48.3 Å². The van der Waals surface area contributed by atoms with E-state index in [9.17, 15) is 14.4 Å². The maximum atomic E-state index is 13.1. The number of unbranched alkanes of at least 4 members (excludes halogenated alkanes) is 4. The normalized spacial score (nSPS) is 17.5. The van der Waals surface area contributed by atoms with E-state index in [2.05, 4.69) is 17.6 Å². The van der Waals surface area contributed by atoms with Gasteiger partial charge in [-0.2, -0.15) is 0 Å². The van der Waals surface area contributed by atoms with Crippen molar-refractivity contribution in [3.63, 3.8) is 0 Å². The zero-order valence-electron chi connectivity index (χ0n) is 18.5. The van der Waals surface area contributed by atoms with Crippen molar-refractivity contribution in [2.75, 3.05) is 13.6 Å². The van der Waals surface area contributed by atoms with Crippen molar-refractivity contribution >= 4 is 17.7 Å². The molecule has 2 atom stereocenters. The molecule has 2 N–H and O–H groups in total. The molecule has 1 aliphatic heterocycles. The summed E-state index contributed by atoms with van der Waals surface area (Å²) in [6.07, 6.45) is 8.68. The highest BCUT2D eigenvalue weighted by Crippen LogP contribution is 2.14. The Morgan fingerprint density at radius 2 is 1.87 bits per heavy atom. The molecular weight excluding hydrogens is 378 g/mol. The second kappa shape index (κ2) is 13.0. The van der Waals surface area contributed by atoms with Crippen molar-refractivity contribution in [2.24, 2.45) is 0 Å². The Labute approximate surface area is 180 Å². The van der Waals surface area contributed by atoms with Crippen LogP contribution in [0.4, 0.5) is 0 Å². The predicted octanol–water partition coefficient (Wildman–Crippen LogP) is 3.20. The molecule has 0 radical (unpaired) electrons. The average molecular weight is 416 g/mol. The summed E-state index contributed by atoms with van der Waals surface area (Å²) in [4.78, 5) is 39.8. The van der Waals surface area contributed by atoms with Crippen LogP contribution in [0.3, 0.4) is 0 Å². The first kappa shape index (κ1) is 23.9. The Morgan fingerprint density at radius 3 is 2.60 bits per heavy atom. The lowest BCUT2D eigenvalue weighted by Crippen LogP contribution is -2.54. The van der Waals surface area contributed by atoms with Crippen LogP contribution >= 0.6 is 0 Å². The van der Waals surface area contributed by atoms with Gasteiger partial charge >= 0.3 is 0 Å². The maximum Gasteiger partial charge on any atom is 0.243 e. The van der Waals surface area contributed by atoms with Gasteiger partial charge in [-0.3, -0.25) is 14.4 Å². The molecule has 1 heterocycles. The number of nitrogens with one attached hydrogen (secondary N) is 2. The van der Waals surface area contributed by atoms with Gasteiger partial charge in [0, 0.05) is 26.4 Å². The van der Waals surface area contributed by atoms with E-state index in [1.807, 2.05) is 30.3 Å². The van der Waals surface area contributed by atoms with Crippen LogP contribution in [0.2, 0.25) is 0 Å². The first-order chi connectivity index (χ1) is 14.5. The number of amides is 3. The Bertz CT molecular complexity index is 678. The SMILES string of the molecule is CCCCCCCC(=O)N(C)[C@H](Cc1ccccc1)C(=O)N[C@@H]1CCCCNC1=O. The summed E-state index contributed by atoms with van der Waals surface area (Å²) >= 11 is 0. The minimum atomic E-state index is -0.633. The summed E-state index contributed by atoms with van der Waals surface area (Å²) in [6, 6.07) is 8.54. The van der Waals surface area contributed by atoms with Crippen molar-refractivity contribution < 1.29 is 14.4 Å². The molecule has 0 unspecified atom stereocenters. The molecule has 1 saturated heterocycles. The van der Waals surface area contributed by atoms with Gasteiger partial charge in [-0.1, -0.05) is 62.9 Å². The van der Waals surface area contributed by atoms with Crippen molar-refractivity contribution in [3.05, 3.63) is 35.9 Å². The standard InChI is InChI=1S/C24H37N3O3/c1-3-4-5-6-10-16-22(28)27(2)21(18-19-13-8-7-9-14-19)24(30)26-20-15-11-12-17-25-23(20)29/h7-9,13-14,20-21H,3-6,10-12,15-18H2,1-2H3,(H,25,29)(H,26,30)/t20-,21-/m1/s1. The summed E-state index contributed by atoms with van der Waals surface area (Å²) in [6.45, 7) is 2.81. The molecule has 1 fully saturated rings. The highest BCUT2D eigenvalue weighted by atomic mass is 16.2. The first-order valence-corrected chi connectivity index (χ1v) is 11.4. The van der Waals surface area contributed by atoms with E-state index in [1.54, 1.807) is 11.9 Å². The van der Waals surface area contributed by atoms with Crippen LogP contribution in [0.15, 0.2) is 30.3 Å². The van der Waals surface area contributed by atoms with Gasteiger partial charge in [0.2, 0.25) is 17.7 Å². The largest absolute Gasteiger partial charge is 0.354 e. The zero-order valence-corrected chi connectivity index (χ0v) is 18.5. The molecule has 30 heavy (non-hydrogen) atoms. The Kier molecular flexibility index (Phi) is 10.4. The summed E-state index contributed by atoms with van der Waals surface area (Å²) in [5.41, 5.74) is 0.991. The highest BCUT2D eigenvalue weighted by Gasteiger charge is 2.30. The number of carbonyl (C=O) groups excluding carboxylic acids is 3. The molecule has 0 spiro atoms. The zero-order chi connectivity index (χ0) is 21.8. The van der Waals surface area contributed by atoms with Gasteiger partial charge in [0.25, 0.3) is 0 Å². The molecule has 1 aromatic rings. The van der Waals surface area contributed by atoms with Crippen LogP contribution in [0.5, 0.6) is 0 Å². The molecule has 166 valence electrons. The lowest BCUT2D eigenvalue weighted by molar-refractivity contribution is -0.140. The molecule has 0 saturated carbocycles. The molecule has 0 aromatic heterocycles. The second-order valence-electron chi connectivity index (χ2n) is 8.22. The van der Waals surface area contributed by atoms with Crippen LogP contribution in [-0.2, 0) is 20.8 Å². The average Bonchev–Trinajstić information content (AvgIpc) is 2.96. The highest BCUT2D eigenvalue weighted by molar-refractivity contribution is 5.92. The van der Waals surface area contributed by atoms with Crippen molar-refractivity contribution in [1.82, 2.24) is 15.5 Å². The van der Waals surface area contributed by atoms with Gasteiger partial charge in [0.15, 0.2) is 0 Å². The Morgan fingerprint density at radius 1 is 1.13 bits per heavy atom. The molecule has 3 amide bonds. The van der Waals surface area contributed by atoms with Gasteiger partial charge in [0.05, 0.1) is 0 Å². The minimum Gasteiger partial charge on any atom is -0.354 e. The number of likely N-dealkylation sites (N-methyl/N-ethyl adjacent to an activating group) is 1. The second-order valence-corrected chi connectivity index (χ2v) is 8.22. The smallest absolute Gasteiger partial charge is 0.243 e. The molecule has 6 nitrogen and oxygen atoms in total. The third-order valence-corrected chi connectivity index (χ3v) is 5.78. The monoisotopic (exact) mass is 415 g/mol. The Balaban J connectivity index is 2.04. The number of benzene rings is 1. The summed E-state index contributed by atoms with van der Waals surface area (Å²) in [5, 5.41) is 5.75. The minimum absolute atomic E-state index is 0.0205.